The van der Waals surface area contributed by atoms with Gasteiger partial charge in [0.05, 0.1) is 0 Å². The fourth-order valence-corrected chi connectivity index (χ4v) is 2.17. The van der Waals surface area contributed by atoms with Crippen molar-refractivity contribution in [2.45, 2.75) is 84.5 Å². The van der Waals surface area contributed by atoms with Crippen LogP contribution in [0.5, 0.6) is 0 Å². The van der Waals surface area contributed by atoms with Crippen LogP contribution in [-0.2, 0) is 0 Å². The summed E-state index contributed by atoms with van der Waals surface area (Å²) < 4.78 is 0. The van der Waals surface area contributed by atoms with Gasteiger partial charge in [-0.3, -0.25) is 0 Å². The SMILES string of the molecule is CCCCCCCCCCCCC(C)C([O-])=S.[Na+]. The Hall–Kier alpha value is 0.890. The number of hydrogen-bond donors (Lipinski definition) is 0. The summed E-state index contributed by atoms with van der Waals surface area (Å²) in [6.07, 6.45) is 14.5. The van der Waals surface area contributed by atoms with E-state index in [1.807, 2.05) is 6.92 Å². The van der Waals surface area contributed by atoms with Crippen LogP contribution in [0.3, 0.4) is 0 Å². The molecule has 102 valence electrons. The van der Waals surface area contributed by atoms with Gasteiger partial charge in [0.15, 0.2) is 0 Å². The van der Waals surface area contributed by atoms with Gasteiger partial charge in [-0.2, -0.15) is 0 Å². The topological polar surface area (TPSA) is 23.1 Å². The molecule has 3 heteroatoms. The Balaban J connectivity index is 0. The number of hydrogen-bond acceptors (Lipinski definition) is 2. The van der Waals surface area contributed by atoms with Crippen LogP contribution < -0.4 is 34.7 Å². The van der Waals surface area contributed by atoms with Crippen molar-refractivity contribution in [1.29, 1.82) is 0 Å². The molecule has 0 heterocycles. The number of rotatable bonds is 12. The third-order valence-electron chi connectivity index (χ3n) is 3.39. The van der Waals surface area contributed by atoms with Crippen molar-refractivity contribution in [1.82, 2.24) is 0 Å². The van der Waals surface area contributed by atoms with E-state index in [0.717, 1.165) is 6.42 Å². The van der Waals surface area contributed by atoms with Crippen molar-refractivity contribution in [2.24, 2.45) is 5.92 Å². The molecule has 0 radical (unpaired) electrons. The zero-order chi connectivity index (χ0) is 12.9. The monoisotopic (exact) mass is 280 g/mol. The number of unbranched alkanes of at least 4 members (excludes halogenated alkanes) is 9. The van der Waals surface area contributed by atoms with Crippen LogP contribution in [0.2, 0.25) is 0 Å². The van der Waals surface area contributed by atoms with E-state index in [2.05, 4.69) is 19.1 Å². The summed E-state index contributed by atoms with van der Waals surface area (Å²) in [7, 11) is 0. The van der Waals surface area contributed by atoms with Crippen molar-refractivity contribution < 1.29 is 34.7 Å². The van der Waals surface area contributed by atoms with Gasteiger partial charge < -0.3 is 5.11 Å². The smallest absolute Gasteiger partial charge is 0.867 e. The first-order valence-electron chi connectivity index (χ1n) is 7.39. The standard InChI is InChI=1S/C15H30OS.Na/c1-3-4-5-6-7-8-9-10-11-12-13-14(2)15(16)17;/h14H,3-13H2,1-2H3,(H,16,17);/q;+1/p-1. The second kappa shape index (κ2) is 15.9. The van der Waals surface area contributed by atoms with Crippen LogP contribution in [0.25, 0.3) is 0 Å². The summed E-state index contributed by atoms with van der Waals surface area (Å²) >= 11 is 4.63. The van der Waals surface area contributed by atoms with Crippen molar-refractivity contribution in [2.75, 3.05) is 0 Å². The van der Waals surface area contributed by atoms with Gasteiger partial charge in [-0.05, 0) is 12.3 Å². The molecule has 0 spiro atoms. The summed E-state index contributed by atoms with van der Waals surface area (Å²) in [4.78, 5) is 0. The van der Waals surface area contributed by atoms with E-state index in [-0.39, 0.29) is 40.5 Å². The molecular weight excluding hydrogens is 251 g/mol. The van der Waals surface area contributed by atoms with Crippen LogP contribution in [0.4, 0.5) is 0 Å². The molecule has 0 N–H and O–H groups in total. The van der Waals surface area contributed by atoms with Crippen molar-refractivity contribution in [3.05, 3.63) is 0 Å². The average molecular weight is 280 g/mol. The van der Waals surface area contributed by atoms with E-state index in [1.165, 1.54) is 64.2 Å². The summed E-state index contributed by atoms with van der Waals surface area (Å²) in [6.45, 7) is 4.21. The van der Waals surface area contributed by atoms with Crippen molar-refractivity contribution in [3.8, 4) is 0 Å². The third-order valence-corrected chi connectivity index (χ3v) is 3.80. The molecule has 0 saturated carbocycles. The summed E-state index contributed by atoms with van der Waals surface area (Å²) in [5, 5.41) is 10.8. The molecule has 0 saturated heterocycles. The van der Waals surface area contributed by atoms with Gasteiger partial charge in [0.2, 0.25) is 0 Å². The van der Waals surface area contributed by atoms with Gasteiger partial charge in [0, 0.05) is 0 Å². The molecule has 0 aromatic rings. The van der Waals surface area contributed by atoms with E-state index in [9.17, 15) is 5.11 Å². The summed E-state index contributed by atoms with van der Waals surface area (Å²) in [6, 6.07) is 0. The minimum Gasteiger partial charge on any atom is -0.867 e. The maximum atomic E-state index is 10.8. The minimum atomic E-state index is -0.0686. The molecule has 1 nitrogen and oxygen atoms in total. The summed E-state index contributed by atoms with van der Waals surface area (Å²) in [5.74, 6) is 0.0963. The van der Waals surface area contributed by atoms with Crippen LogP contribution in [0.1, 0.15) is 84.5 Å². The predicted molar refractivity (Wildman–Crippen MR) is 78.2 cm³/mol. The second-order valence-corrected chi connectivity index (χ2v) is 5.59. The van der Waals surface area contributed by atoms with Crippen molar-refractivity contribution in [3.63, 3.8) is 0 Å². The molecule has 0 fully saturated rings. The maximum Gasteiger partial charge on any atom is 1.00 e. The van der Waals surface area contributed by atoms with E-state index >= 15 is 0 Å². The first-order chi connectivity index (χ1) is 8.18. The molecule has 0 amide bonds. The predicted octanol–water partition coefficient (Wildman–Crippen LogP) is 1.63. The summed E-state index contributed by atoms with van der Waals surface area (Å²) in [5.41, 5.74) is 0. The first kappa shape index (κ1) is 21.2. The van der Waals surface area contributed by atoms with Gasteiger partial charge in [-0.25, -0.2) is 0 Å². The largest absolute Gasteiger partial charge is 1.00 e. The van der Waals surface area contributed by atoms with Crippen LogP contribution >= 0.6 is 12.2 Å². The Labute approximate surface area is 141 Å². The molecule has 0 aliphatic heterocycles. The van der Waals surface area contributed by atoms with Gasteiger partial charge in [0.25, 0.3) is 0 Å². The van der Waals surface area contributed by atoms with Gasteiger partial charge in [0.1, 0.15) is 0 Å². The molecule has 1 atom stereocenters. The molecule has 18 heavy (non-hydrogen) atoms. The van der Waals surface area contributed by atoms with E-state index in [0.29, 0.717) is 0 Å². The Bertz CT molecular complexity index is 185. The van der Waals surface area contributed by atoms with Crippen LogP contribution in [0.15, 0.2) is 0 Å². The average Bonchev–Trinajstić information content (AvgIpc) is 2.31. The normalized spacial score (nSPS) is 11.9. The van der Waals surface area contributed by atoms with Gasteiger partial charge in [-0.15, -0.1) is 12.2 Å². The Kier molecular flexibility index (Phi) is 18.8. The van der Waals surface area contributed by atoms with Crippen LogP contribution in [0, 0.1) is 5.92 Å². The fourth-order valence-electron chi connectivity index (χ4n) is 2.06. The van der Waals surface area contributed by atoms with Crippen molar-refractivity contribution >= 4 is 17.3 Å². The minimum absolute atomic E-state index is 0. The van der Waals surface area contributed by atoms with E-state index in [4.69, 9.17) is 0 Å². The molecule has 1 unspecified atom stereocenters. The molecule has 0 aliphatic carbocycles. The zero-order valence-corrected chi connectivity index (χ0v) is 15.5. The fraction of sp³-hybridized carbons (Fsp3) is 0.933. The van der Waals surface area contributed by atoms with Crippen LogP contribution in [-0.4, -0.2) is 5.05 Å². The molecule has 0 aliphatic rings. The van der Waals surface area contributed by atoms with E-state index in [1.54, 1.807) is 0 Å². The van der Waals surface area contributed by atoms with Gasteiger partial charge in [-0.1, -0.05) is 83.1 Å². The Morgan fingerprint density at radius 3 is 1.67 bits per heavy atom. The Morgan fingerprint density at radius 2 is 1.28 bits per heavy atom. The van der Waals surface area contributed by atoms with Gasteiger partial charge >= 0.3 is 29.6 Å². The molecule has 0 aromatic carbocycles. The third kappa shape index (κ3) is 14.9. The molecule has 0 rings (SSSR count). The Morgan fingerprint density at radius 1 is 0.889 bits per heavy atom. The first-order valence-corrected chi connectivity index (χ1v) is 7.80. The maximum absolute atomic E-state index is 10.8. The quantitative estimate of drug-likeness (QED) is 0.308. The van der Waals surface area contributed by atoms with E-state index < -0.39 is 0 Å². The second-order valence-electron chi connectivity index (χ2n) is 5.19. The molecule has 0 aromatic heterocycles. The zero-order valence-electron chi connectivity index (χ0n) is 12.7. The molecule has 0 bridgehead atoms. The molecular formula is C15H29NaOS. The number of thiocarbonyl (C=S) groups is 1.